The van der Waals surface area contributed by atoms with E-state index in [0.29, 0.717) is 0 Å². The Kier molecular flexibility index (Phi) is 30.4. The molecule has 42 heavy (non-hydrogen) atoms. The monoisotopic (exact) mass is 631 g/mol. The van der Waals surface area contributed by atoms with Crippen LogP contribution in [0.15, 0.2) is 97.5 Å². The molecule has 4 aromatic rings. The van der Waals surface area contributed by atoms with Gasteiger partial charge in [0.2, 0.25) is 0 Å². The van der Waals surface area contributed by atoms with Gasteiger partial charge in [0, 0.05) is 29.8 Å². The minimum atomic E-state index is -1.23. The summed E-state index contributed by atoms with van der Waals surface area (Å²) in [4.78, 5) is 19.5. The number of nitrogens with zero attached hydrogens (tertiary/aromatic N) is 3. The van der Waals surface area contributed by atoms with Gasteiger partial charge in [-0.2, -0.15) is 0 Å². The van der Waals surface area contributed by atoms with Gasteiger partial charge in [-0.05, 0) is 79.3 Å². The average Bonchev–Trinajstić information content (AvgIpc) is 3.39. The number of hydrogen-bond acceptors (Lipinski definition) is 5. The van der Waals surface area contributed by atoms with Crippen molar-refractivity contribution in [3.05, 3.63) is 115 Å². The largest absolute Gasteiger partial charge is 1.00 e. The molecule has 0 aromatic carbocycles. The van der Waals surface area contributed by atoms with Crippen LogP contribution in [0, 0.1) is 23.8 Å². The Bertz CT molecular complexity index is 1410. The van der Waals surface area contributed by atoms with E-state index in [0.717, 1.165) is 17.8 Å². The van der Waals surface area contributed by atoms with Crippen molar-refractivity contribution in [1.82, 2.24) is 14.4 Å². The molecule has 9 heteroatoms. The predicted octanol–water partition coefficient (Wildman–Crippen LogP) is 0.397. The third-order valence-corrected chi connectivity index (χ3v) is 5.45. The molecule has 4 heterocycles. The fourth-order valence-corrected chi connectivity index (χ4v) is 3.39. The zero-order chi connectivity index (χ0) is 28.8. The van der Waals surface area contributed by atoms with Crippen LogP contribution in [0.2, 0.25) is 19.6 Å². The molecule has 0 aliphatic heterocycles. The smallest absolute Gasteiger partial charge is 1.00 e. The zero-order valence-corrected chi connectivity index (χ0v) is 32.1. The van der Waals surface area contributed by atoms with Crippen LogP contribution < -0.4 is 108 Å². The van der Waals surface area contributed by atoms with Gasteiger partial charge in [0.25, 0.3) is 6.47 Å². The summed E-state index contributed by atoms with van der Waals surface area (Å²) in [6, 6.07) is 22.1. The molecule has 210 valence electrons. The van der Waals surface area contributed by atoms with Crippen LogP contribution in [0.25, 0.3) is 17.7 Å². The molecule has 0 fully saturated rings. The summed E-state index contributed by atoms with van der Waals surface area (Å²) in [5, 5.41) is 8.43. The molecule has 0 saturated carbocycles. The molecular formula is C33H39K2N3O3Si. The fraction of sp³-hybridized carbons (Fsp3) is 0.182. The van der Waals surface area contributed by atoms with Gasteiger partial charge in [-0.25, -0.2) is 0 Å². The molecule has 0 N–H and O–H groups in total. The summed E-state index contributed by atoms with van der Waals surface area (Å²) in [5.41, 5.74) is 7.77. The Morgan fingerprint density at radius 3 is 1.93 bits per heavy atom. The minimum absolute atomic E-state index is 0. The Hall–Kier alpha value is -1.42. The number of fused-ring (bicyclic) bond motifs is 1. The van der Waals surface area contributed by atoms with Gasteiger partial charge in [-0.1, -0.05) is 64.0 Å². The summed E-state index contributed by atoms with van der Waals surface area (Å²) in [5.74, 6) is 5.46. The first-order valence-electron chi connectivity index (χ1n) is 12.3. The molecule has 0 aliphatic rings. The first-order valence-corrected chi connectivity index (χ1v) is 15.8. The van der Waals surface area contributed by atoms with E-state index in [1.807, 2.05) is 48.6 Å². The van der Waals surface area contributed by atoms with Gasteiger partial charge in [0.05, 0.1) is 11.4 Å². The van der Waals surface area contributed by atoms with Crippen molar-refractivity contribution in [2.24, 2.45) is 0 Å². The van der Waals surface area contributed by atoms with E-state index < -0.39 is 8.07 Å². The van der Waals surface area contributed by atoms with Crippen LogP contribution in [-0.4, -0.2) is 28.9 Å². The Balaban J connectivity index is -0.000000241. The van der Waals surface area contributed by atoms with Gasteiger partial charge in [-0.3, -0.25) is 14.8 Å². The van der Waals surface area contributed by atoms with Gasteiger partial charge in [-0.15, -0.1) is 12.0 Å². The average molecular weight is 632 g/mol. The predicted molar refractivity (Wildman–Crippen MR) is 168 cm³/mol. The summed E-state index contributed by atoms with van der Waals surface area (Å²) in [6.45, 7) is 8.69. The molecule has 0 spiro atoms. The standard InChI is InChI=1S/C12H15NSi.C10H11N.C9H7N.CH2O3.CH4.2K.H/c1-14(2,3)11-7-5-9-12-8-4-6-10-13-12;1-2-9-6-7-10-5-3-4-8-11(9)10;1-2-3-6-9-7-4-5-8-10-9;2-1-4-3;;;;/h4-6,8-10H,1-3H3;3-8H,2H2,1H3;1,3-8H;1,3H;1H4;;;/q;;;;;2*+1;-1/p-1/b9-5-;;6-3-;;;;;. The summed E-state index contributed by atoms with van der Waals surface area (Å²) >= 11 is 0. The van der Waals surface area contributed by atoms with Crippen molar-refractivity contribution in [1.29, 1.82) is 0 Å². The van der Waals surface area contributed by atoms with Crippen LogP contribution in [0.1, 0.15) is 32.9 Å². The van der Waals surface area contributed by atoms with Gasteiger partial charge in [0.1, 0.15) is 8.07 Å². The maximum absolute atomic E-state index is 8.64. The fourth-order valence-electron chi connectivity index (χ4n) is 2.87. The normalized spacial score (nSPS) is 9.24. The van der Waals surface area contributed by atoms with Crippen molar-refractivity contribution in [3.8, 4) is 23.8 Å². The zero-order valence-electron chi connectivity index (χ0n) is 25.8. The number of terminal acetylenes is 1. The first-order chi connectivity index (χ1) is 18.8. The number of allylic oxidation sites excluding steroid dienone is 2. The molecule has 4 aromatic heterocycles. The Morgan fingerprint density at radius 1 is 0.929 bits per heavy atom. The van der Waals surface area contributed by atoms with Crippen molar-refractivity contribution in [2.45, 2.75) is 40.4 Å². The third-order valence-electron chi connectivity index (χ3n) is 4.56. The summed E-state index contributed by atoms with van der Waals surface area (Å²) in [7, 11) is -1.23. The van der Waals surface area contributed by atoms with Crippen molar-refractivity contribution < 1.29 is 119 Å². The molecule has 4 rings (SSSR count). The van der Waals surface area contributed by atoms with E-state index in [1.165, 1.54) is 11.2 Å². The van der Waals surface area contributed by atoms with E-state index in [4.69, 9.17) is 16.5 Å². The van der Waals surface area contributed by atoms with E-state index in [-0.39, 0.29) is 118 Å². The quantitative estimate of drug-likeness (QED) is 0.107. The van der Waals surface area contributed by atoms with E-state index in [2.05, 4.69) is 99.7 Å². The molecule has 0 amide bonds. The number of carbonyl (C=O) groups excluding carboxylic acids is 1. The molecule has 0 bridgehead atoms. The Labute approximate surface area is 339 Å². The van der Waals surface area contributed by atoms with Gasteiger partial charge < -0.3 is 16.0 Å². The molecule has 6 nitrogen and oxygen atoms in total. The number of pyridine rings is 3. The molecule has 0 atom stereocenters. The number of rotatable bonds is 4. The number of aromatic nitrogens is 3. The molecule has 0 saturated heterocycles. The minimum Gasteiger partial charge on any atom is -1.00 e. The maximum Gasteiger partial charge on any atom is 1.00 e. The molecule has 0 unspecified atom stereocenters. The van der Waals surface area contributed by atoms with Crippen molar-refractivity contribution in [3.63, 3.8) is 0 Å². The second-order valence-electron chi connectivity index (χ2n) is 8.73. The molecule has 0 radical (unpaired) electrons. The first kappa shape index (κ1) is 45.0. The topological polar surface area (TPSA) is 79.6 Å². The van der Waals surface area contributed by atoms with E-state index in [1.54, 1.807) is 24.5 Å². The van der Waals surface area contributed by atoms with Crippen molar-refractivity contribution in [2.75, 3.05) is 0 Å². The summed E-state index contributed by atoms with van der Waals surface area (Å²) < 4.78 is 2.22. The van der Waals surface area contributed by atoms with Crippen LogP contribution >= 0.6 is 0 Å². The van der Waals surface area contributed by atoms with Crippen molar-refractivity contribution >= 4 is 32.2 Å². The number of carbonyl (C=O) groups is 1. The van der Waals surface area contributed by atoms with Crippen LogP contribution in [0.5, 0.6) is 0 Å². The molecular weight excluding hydrogens is 593 g/mol. The Morgan fingerprint density at radius 2 is 1.48 bits per heavy atom. The third kappa shape index (κ3) is 22.2. The SMILES string of the molecule is C.C#C/C=C\c1ccccn1.CCc1ccc2ccccn12.C[Si](C)(C)C#C/C=C\c1ccccn1.O=CO[O-].[H-].[K+].[K+]. The second-order valence-corrected chi connectivity index (χ2v) is 13.5. The van der Waals surface area contributed by atoms with Crippen LogP contribution in [-0.2, 0) is 16.1 Å². The summed E-state index contributed by atoms with van der Waals surface area (Å²) in [6.07, 6.45) is 19.0. The van der Waals surface area contributed by atoms with E-state index in [9.17, 15) is 0 Å². The molecule has 0 aliphatic carbocycles. The number of hydrogen-bond donors (Lipinski definition) is 0. The van der Waals surface area contributed by atoms with E-state index >= 15 is 0 Å². The van der Waals surface area contributed by atoms with Gasteiger partial charge >= 0.3 is 103 Å². The van der Waals surface area contributed by atoms with Crippen LogP contribution in [0.4, 0.5) is 0 Å². The second kappa shape index (κ2) is 28.4. The van der Waals surface area contributed by atoms with Crippen LogP contribution in [0.3, 0.4) is 0 Å². The maximum atomic E-state index is 8.64. The number of aryl methyl sites for hydroxylation is 1. The van der Waals surface area contributed by atoms with Gasteiger partial charge in [0.15, 0.2) is 0 Å².